The van der Waals surface area contributed by atoms with Gasteiger partial charge in [0, 0.05) is 30.8 Å². The van der Waals surface area contributed by atoms with Crippen molar-refractivity contribution in [3.05, 3.63) is 63.7 Å². The van der Waals surface area contributed by atoms with Gasteiger partial charge in [-0.1, -0.05) is 23.7 Å². The normalized spacial score (nSPS) is 16.8. The maximum atomic E-state index is 12.4. The highest BCUT2D eigenvalue weighted by atomic mass is 35.5. The molecule has 0 radical (unpaired) electrons. The standard InChI is InChI=1S/C17H14ClN3O4/c18-14-3-1-2-4-15(14)20-10-11(9-16(20)22)17(23)19-12-5-7-13(8-6-12)21(24)25/h1-8,11H,9-10H2,(H,19,23)/t11-/m0/s1. The molecule has 8 heteroatoms. The fraction of sp³-hybridized carbons (Fsp3) is 0.176. The molecule has 0 unspecified atom stereocenters. The van der Waals surface area contributed by atoms with Gasteiger partial charge in [-0.2, -0.15) is 0 Å². The highest BCUT2D eigenvalue weighted by Crippen LogP contribution is 2.31. The Bertz CT molecular complexity index is 838. The molecule has 1 fully saturated rings. The molecular formula is C17H14ClN3O4. The third-order valence-corrected chi connectivity index (χ3v) is 4.30. The number of hydrogen-bond acceptors (Lipinski definition) is 4. The van der Waals surface area contributed by atoms with Gasteiger partial charge in [0.2, 0.25) is 11.8 Å². The van der Waals surface area contributed by atoms with Crippen molar-refractivity contribution in [1.29, 1.82) is 0 Å². The average Bonchev–Trinajstić information content (AvgIpc) is 2.97. The lowest BCUT2D eigenvalue weighted by Crippen LogP contribution is -2.28. The van der Waals surface area contributed by atoms with E-state index in [-0.39, 0.29) is 30.5 Å². The molecule has 1 atom stereocenters. The number of rotatable bonds is 4. The second-order valence-electron chi connectivity index (χ2n) is 5.65. The van der Waals surface area contributed by atoms with Crippen LogP contribution >= 0.6 is 11.6 Å². The van der Waals surface area contributed by atoms with E-state index in [2.05, 4.69) is 5.32 Å². The first-order valence-corrected chi connectivity index (χ1v) is 7.93. The number of para-hydroxylation sites is 1. The van der Waals surface area contributed by atoms with Gasteiger partial charge in [-0.3, -0.25) is 19.7 Å². The van der Waals surface area contributed by atoms with Gasteiger partial charge in [0.15, 0.2) is 0 Å². The van der Waals surface area contributed by atoms with Crippen LogP contribution in [0.4, 0.5) is 17.1 Å². The largest absolute Gasteiger partial charge is 0.326 e. The lowest BCUT2D eigenvalue weighted by Gasteiger charge is -2.18. The van der Waals surface area contributed by atoms with Crippen LogP contribution in [0.3, 0.4) is 0 Å². The predicted molar refractivity (Wildman–Crippen MR) is 93.6 cm³/mol. The van der Waals surface area contributed by atoms with E-state index in [1.54, 1.807) is 24.3 Å². The molecule has 25 heavy (non-hydrogen) atoms. The fourth-order valence-corrected chi connectivity index (χ4v) is 2.94. The molecule has 128 valence electrons. The Hall–Kier alpha value is -2.93. The minimum absolute atomic E-state index is 0.0565. The first kappa shape index (κ1) is 16.9. The summed E-state index contributed by atoms with van der Waals surface area (Å²) in [6.07, 6.45) is 0.0873. The zero-order valence-corrected chi connectivity index (χ0v) is 13.8. The molecular weight excluding hydrogens is 346 g/mol. The molecule has 3 rings (SSSR count). The number of carbonyl (C=O) groups is 2. The van der Waals surface area contributed by atoms with Crippen molar-refractivity contribution in [2.75, 3.05) is 16.8 Å². The van der Waals surface area contributed by atoms with E-state index in [9.17, 15) is 19.7 Å². The van der Waals surface area contributed by atoms with Gasteiger partial charge in [-0.15, -0.1) is 0 Å². The van der Waals surface area contributed by atoms with Crippen molar-refractivity contribution < 1.29 is 14.5 Å². The minimum Gasteiger partial charge on any atom is -0.326 e. The number of benzene rings is 2. The number of hydrogen-bond donors (Lipinski definition) is 1. The predicted octanol–water partition coefficient (Wildman–Crippen LogP) is 3.24. The molecule has 0 aliphatic carbocycles. The van der Waals surface area contributed by atoms with Crippen LogP contribution < -0.4 is 10.2 Å². The van der Waals surface area contributed by atoms with Crippen LogP contribution in [-0.2, 0) is 9.59 Å². The number of nitrogens with one attached hydrogen (secondary N) is 1. The lowest BCUT2D eigenvalue weighted by atomic mass is 10.1. The van der Waals surface area contributed by atoms with Crippen LogP contribution in [0.25, 0.3) is 0 Å². The van der Waals surface area contributed by atoms with Gasteiger partial charge < -0.3 is 10.2 Å². The van der Waals surface area contributed by atoms with E-state index in [0.717, 1.165) is 0 Å². The maximum absolute atomic E-state index is 12.4. The maximum Gasteiger partial charge on any atom is 0.269 e. The van der Waals surface area contributed by atoms with Crippen LogP contribution in [0, 0.1) is 16.0 Å². The molecule has 2 aromatic carbocycles. The van der Waals surface area contributed by atoms with Gasteiger partial charge in [-0.05, 0) is 24.3 Å². The highest BCUT2D eigenvalue weighted by Gasteiger charge is 2.35. The zero-order valence-electron chi connectivity index (χ0n) is 13.0. The molecule has 0 spiro atoms. The van der Waals surface area contributed by atoms with Gasteiger partial charge in [-0.25, -0.2) is 0 Å². The molecule has 0 saturated carbocycles. The Morgan fingerprint density at radius 3 is 2.52 bits per heavy atom. The van der Waals surface area contributed by atoms with Crippen molar-refractivity contribution in [3.8, 4) is 0 Å². The number of nitro groups is 1. The highest BCUT2D eigenvalue weighted by molar-refractivity contribution is 6.33. The molecule has 2 aromatic rings. The Morgan fingerprint density at radius 1 is 1.20 bits per heavy atom. The van der Waals surface area contributed by atoms with Crippen LogP contribution in [0.15, 0.2) is 48.5 Å². The topological polar surface area (TPSA) is 92.5 Å². The van der Waals surface area contributed by atoms with Gasteiger partial charge in [0.1, 0.15) is 0 Å². The minimum atomic E-state index is -0.515. The van der Waals surface area contributed by atoms with E-state index >= 15 is 0 Å². The summed E-state index contributed by atoms with van der Waals surface area (Å²) in [6.45, 7) is 0.237. The summed E-state index contributed by atoms with van der Waals surface area (Å²) >= 11 is 6.12. The summed E-state index contributed by atoms with van der Waals surface area (Å²) in [4.78, 5) is 36.2. The van der Waals surface area contributed by atoms with Gasteiger partial charge >= 0.3 is 0 Å². The van der Waals surface area contributed by atoms with E-state index in [4.69, 9.17) is 11.6 Å². The van der Waals surface area contributed by atoms with E-state index in [0.29, 0.717) is 16.4 Å². The Balaban J connectivity index is 1.68. The summed E-state index contributed by atoms with van der Waals surface area (Å²) in [7, 11) is 0. The van der Waals surface area contributed by atoms with E-state index in [1.165, 1.54) is 29.2 Å². The monoisotopic (exact) mass is 359 g/mol. The van der Waals surface area contributed by atoms with Gasteiger partial charge in [0.25, 0.3) is 5.69 Å². The number of carbonyl (C=O) groups excluding carboxylic acids is 2. The molecule has 1 saturated heterocycles. The van der Waals surface area contributed by atoms with Crippen molar-refractivity contribution in [3.63, 3.8) is 0 Å². The molecule has 7 nitrogen and oxygen atoms in total. The smallest absolute Gasteiger partial charge is 0.269 e. The molecule has 2 amide bonds. The number of non-ortho nitro benzene ring substituents is 1. The van der Waals surface area contributed by atoms with Crippen LogP contribution in [0.5, 0.6) is 0 Å². The summed E-state index contributed by atoms with van der Waals surface area (Å²) in [5.41, 5.74) is 0.970. The first-order chi connectivity index (χ1) is 12.0. The van der Waals surface area contributed by atoms with Crippen molar-refractivity contribution >= 4 is 40.5 Å². The number of amides is 2. The average molecular weight is 360 g/mol. The Morgan fingerprint density at radius 2 is 1.88 bits per heavy atom. The number of nitrogens with zero attached hydrogens (tertiary/aromatic N) is 2. The molecule has 0 aromatic heterocycles. The molecule has 1 N–H and O–H groups in total. The summed E-state index contributed by atoms with van der Waals surface area (Å²) in [5.74, 6) is -0.993. The lowest BCUT2D eigenvalue weighted by molar-refractivity contribution is -0.384. The fourth-order valence-electron chi connectivity index (χ4n) is 2.70. The number of anilines is 2. The van der Waals surface area contributed by atoms with Crippen LogP contribution in [0.2, 0.25) is 5.02 Å². The summed E-state index contributed by atoms with van der Waals surface area (Å²) < 4.78 is 0. The zero-order chi connectivity index (χ0) is 18.0. The first-order valence-electron chi connectivity index (χ1n) is 7.56. The molecule has 1 aliphatic heterocycles. The Kier molecular flexibility index (Phi) is 4.67. The third-order valence-electron chi connectivity index (χ3n) is 3.98. The van der Waals surface area contributed by atoms with E-state index in [1.807, 2.05) is 0 Å². The second-order valence-corrected chi connectivity index (χ2v) is 6.06. The van der Waals surface area contributed by atoms with Crippen LogP contribution in [-0.4, -0.2) is 23.3 Å². The van der Waals surface area contributed by atoms with Gasteiger partial charge in [0.05, 0.1) is 21.6 Å². The molecule has 1 aliphatic rings. The SMILES string of the molecule is O=C(Nc1ccc([N+](=O)[O-])cc1)[C@H]1CC(=O)N(c2ccccc2Cl)C1. The number of halogens is 1. The molecule has 0 bridgehead atoms. The van der Waals surface area contributed by atoms with E-state index < -0.39 is 10.8 Å². The Labute approximate surface area is 148 Å². The quantitative estimate of drug-likeness (QED) is 0.670. The summed E-state index contributed by atoms with van der Waals surface area (Å²) in [6, 6.07) is 12.5. The van der Waals surface area contributed by atoms with Crippen molar-refractivity contribution in [2.45, 2.75) is 6.42 Å². The van der Waals surface area contributed by atoms with Crippen molar-refractivity contribution in [1.82, 2.24) is 0 Å². The third kappa shape index (κ3) is 3.61. The van der Waals surface area contributed by atoms with Crippen molar-refractivity contribution in [2.24, 2.45) is 5.92 Å². The molecule has 1 heterocycles. The van der Waals surface area contributed by atoms with Crippen LogP contribution in [0.1, 0.15) is 6.42 Å². The second kappa shape index (κ2) is 6.90. The summed E-state index contributed by atoms with van der Waals surface area (Å²) in [5, 5.41) is 13.8. The number of nitro benzene ring substituents is 1.